The molecule has 27 heavy (non-hydrogen) atoms. The average molecular weight is 389 g/mol. The van der Waals surface area contributed by atoms with Crippen LogP contribution in [0.15, 0.2) is 18.2 Å². The summed E-state index contributed by atoms with van der Waals surface area (Å²) in [6.45, 7) is 1.54. The molecule has 0 heterocycles. The molecule has 0 bridgehead atoms. The van der Waals surface area contributed by atoms with E-state index < -0.39 is 40.8 Å². The highest BCUT2D eigenvalue weighted by molar-refractivity contribution is 5.82. The molecule has 2 atom stereocenters. The summed E-state index contributed by atoms with van der Waals surface area (Å²) in [4.78, 5) is 33.1. The van der Waals surface area contributed by atoms with Crippen LogP contribution in [0.25, 0.3) is 0 Å². The summed E-state index contributed by atoms with van der Waals surface area (Å²) in [7, 11) is 0. The summed E-state index contributed by atoms with van der Waals surface area (Å²) in [5.41, 5.74) is -1.94. The van der Waals surface area contributed by atoms with E-state index in [1.807, 2.05) is 6.92 Å². The number of hydrogen-bond acceptors (Lipinski definition) is 6. The van der Waals surface area contributed by atoms with Crippen LogP contribution in [0.4, 0.5) is 24.5 Å². The fourth-order valence-corrected chi connectivity index (χ4v) is 2.35. The van der Waals surface area contributed by atoms with Gasteiger partial charge in [-0.1, -0.05) is 6.92 Å². The first kappa shape index (κ1) is 20.5. The minimum Gasteiger partial charge on any atom is -0.455 e. The van der Waals surface area contributed by atoms with Crippen molar-refractivity contribution in [3.8, 4) is 0 Å². The van der Waals surface area contributed by atoms with Crippen LogP contribution in [0.5, 0.6) is 0 Å². The van der Waals surface area contributed by atoms with Crippen molar-refractivity contribution in [2.75, 3.05) is 25.0 Å². The van der Waals surface area contributed by atoms with Gasteiger partial charge < -0.3 is 15.4 Å². The number of rotatable bonds is 8. The van der Waals surface area contributed by atoms with Crippen molar-refractivity contribution in [2.45, 2.75) is 19.5 Å². The number of nitro benzene ring substituents is 1. The van der Waals surface area contributed by atoms with Crippen LogP contribution >= 0.6 is 0 Å². The number of amides is 1. The van der Waals surface area contributed by atoms with Crippen molar-refractivity contribution in [1.82, 2.24) is 5.32 Å². The van der Waals surface area contributed by atoms with Crippen LogP contribution in [0.2, 0.25) is 0 Å². The second-order valence-electron chi connectivity index (χ2n) is 6.19. The number of anilines is 1. The molecule has 1 fully saturated rings. The average Bonchev–Trinajstić information content (AvgIpc) is 3.32. The molecule has 1 aliphatic rings. The third kappa shape index (κ3) is 5.83. The molecular formula is C16H18F3N3O5. The van der Waals surface area contributed by atoms with Crippen LogP contribution in [-0.4, -0.2) is 36.5 Å². The second-order valence-corrected chi connectivity index (χ2v) is 6.19. The first-order valence-corrected chi connectivity index (χ1v) is 8.12. The molecule has 148 valence electrons. The molecule has 2 rings (SSSR count). The maximum absolute atomic E-state index is 12.6. The summed E-state index contributed by atoms with van der Waals surface area (Å²) >= 11 is 0. The molecule has 0 saturated heterocycles. The van der Waals surface area contributed by atoms with Gasteiger partial charge in [-0.15, -0.1) is 0 Å². The number of benzene rings is 1. The highest BCUT2D eigenvalue weighted by Crippen LogP contribution is 2.38. The van der Waals surface area contributed by atoms with E-state index in [0.29, 0.717) is 6.07 Å². The molecule has 1 saturated carbocycles. The predicted octanol–water partition coefficient (Wildman–Crippen LogP) is 2.34. The van der Waals surface area contributed by atoms with Crippen LogP contribution in [0, 0.1) is 22.0 Å². The molecule has 2 N–H and O–H groups in total. The first-order chi connectivity index (χ1) is 12.6. The fraction of sp³-hybridized carbons (Fsp3) is 0.500. The topological polar surface area (TPSA) is 111 Å². The van der Waals surface area contributed by atoms with E-state index in [1.165, 1.54) is 0 Å². The van der Waals surface area contributed by atoms with Gasteiger partial charge in [-0.05, 0) is 24.5 Å². The summed E-state index contributed by atoms with van der Waals surface area (Å²) < 4.78 is 42.8. The number of alkyl halides is 3. The number of carbonyl (C=O) groups excluding carboxylic acids is 2. The van der Waals surface area contributed by atoms with E-state index in [1.54, 1.807) is 0 Å². The van der Waals surface area contributed by atoms with Gasteiger partial charge in [-0.2, -0.15) is 13.2 Å². The summed E-state index contributed by atoms with van der Waals surface area (Å²) in [5, 5.41) is 16.0. The van der Waals surface area contributed by atoms with Gasteiger partial charge >= 0.3 is 12.1 Å². The van der Waals surface area contributed by atoms with Crippen molar-refractivity contribution in [3.05, 3.63) is 33.9 Å². The molecular weight excluding hydrogens is 371 g/mol. The van der Waals surface area contributed by atoms with Crippen molar-refractivity contribution >= 4 is 23.3 Å². The Morgan fingerprint density at radius 1 is 1.33 bits per heavy atom. The smallest absolute Gasteiger partial charge is 0.416 e. The molecule has 1 aliphatic carbocycles. The van der Waals surface area contributed by atoms with E-state index >= 15 is 0 Å². The van der Waals surface area contributed by atoms with Gasteiger partial charge in [0.1, 0.15) is 5.69 Å². The number of halogens is 3. The Hall–Kier alpha value is -2.85. The zero-order valence-corrected chi connectivity index (χ0v) is 14.3. The summed E-state index contributed by atoms with van der Waals surface area (Å²) in [6, 6.07) is 2.13. The highest BCUT2D eigenvalue weighted by Gasteiger charge is 2.40. The van der Waals surface area contributed by atoms with Crippen molar-refractivity contribution < 1.29 is 32.4 Å². The molecule has 0 unspecified atom stereocenters. The summed E-state index contributed by atoms with van der Waals surface area (Å²) in [6.07, 6.45) is -3.94. The largest absolute Gasteiger partial charge is 0.455 e. The molecule has 0 aliphatic heterocycles. The van der Waals surface area contributed by atoms with E-state index in [2.05, 4.69) is 10.6 Å². The third-order valence-electron chi connectivity index (χ3n) is 4.04. The van der Waals surface area contributed by atoms with Gasteiger partial charge in [0.25, 0.3) is 11.6 Å². The molecule has 0 radical (unpaired) electrons. The number of nitrogens with one attached hydrogen (secondary N) is 2. The fourth-order valence-electron chi connectivity index (χ4n) is 2.35. The lowest BCUT2D eigenvalue weighted by atomic mass is 10.1. The zero-order chi connectivity index (χ0) is 20.2. The lowest BCUT2D eigenvalue weighted by Crippen LogP contribution is -2.32. The van der Waals surface area contributed by atoms with Gasteiger partial charge in [0, 0.05) is 19.2 Å². The van der Waals surface area contributed by atoms with Gasteiger partial charge in [-0.25, -0.2) is 0 Å². The quantitative estimate of drug-likeness (QED) is 0.306. The van der Waals surface area contributed by atoms with Crippen LogP contribution in [0.3, 0.4) is 0 Å². The molecule has 1 aromatic rings. The van der Waals surface area contributed by atoms with Gasteiger partial charge in [-0.3, -0.25) is 19.7 Å². The number of nitrogens with zero attached hydrogens (tertiary/aromatic N) is 1. The predicted molar refractivity (Wildman–Crippen MR) is 87.8 cm³/mol. The Balaban J connectivity index is 1.78. The Bertz CT molecular complexity index is 739. The monoisotopic (exact) mass is 389 g/mol. The summed E-state index contributed by atoms with van der Waals surface area (Å²) in [5.74, 6) is -0.847. The Labute approximate surface area is 152 Å². The van der Waals surface area contributed by atoms with Gasteiger partial charge in [0.05, 0.1) is 16.4 Å². The molecule has 11 heteroatoms. The van der Waals surface area contributed by atoms with Crippen molar-refractivity contribution in [3.63, 3.8) is 0 Å². The number of nitro groups is 1. The Morgan fingerprint density at radius 3 is 2.56 bits per heavy atom. The minimum absolute atomic E-state index is 0.0333. The lowest BCUT2D eigenvalue weighted by Gasteiger charge is -2.11. The number of ether oxygens (including phenoxy) is 1. The molecule has 0 aromatic heterocycles. The maximum Gasteiger partial charge on any atom is 0.416 e. The van der Waals surface area contributed by atoms with Crippen LogP contribution in [0.1, 0.15) is 18.9 Å². The van der Waals surface area contributed by atoms with Crippen LogP contribution in [-0.2, 0) is 20.5 Å². The lowest BCUT2D eigenvalue weighted by molar-refractivity contribution is -0.384. The molecule has 1 aromatic carbocycles. The van der Waals surface area contributed by atoms with E-state index in [4.69, 9.17) is 4.74 Å². The first-order valence-electron chi connectivity index (χ1n) is 8.12. The standard InChI is InChI=1S/C16H18F3N3O5/c1-9-6-11(9)15(24)27-8-14(23)21-5-4-20-12-3-2-10(16(17,18)19)7-13(12)22(25)26/h2-3,7,9,11,20H,4-6,8H2,1H3,(H,21,23)/t9-,11-/m0/s1. The molecule has 8 nitrogen and oxygen atoms in total. The van der Waals surface area contributed by atoms with Crippen molar-refractivity contribution in [1.29, 1.82) is 0 Å². The van der Waals surface area contributed by atoms with Crippen molar-refractivity contribution in [2.24, 2.45) is 11.8 Å². The second kappa shape index (κ2) is 8.23. The van der Waals surface area contributed by atoms with E-state index in [0.717, 1.165) is 18.6 Å². The normalized spacial score (nSPS) is 18.5. The number of carbonyl (C=O) groups is 2. The number of hydrogen-bond donors (Lipinski definition) is 2. The maximum atomic E-state index is 12.6. The van der Waals surface area contributed by atoms with Gasteiger partial charge in [0.2, 0.25) is 0 Å². The Kier molecular flexibility index (Phi) is 6.24. The minimum atomic E-state index is -4.69. The Morgan fingerprint density at radius 2 is 2.00 bits per heavy atom. The van der Waals surface area contributed by atoms with Gasteiger partial charge in [0.15, 0.2) is 6.61 Å². The SMILES string of the molecule is C[C@H]1C[C@@H]1C(=O)OCC(=O)NCCNc1ccc(C(F)(F)F)cc1[N+](=O)[O-]. The zero-order valence-electron chi connectivity index (χ0n) is 14.3. The molecule has 1 amide bonds. The van der Waals surface area contributed by atoms with Crippen LogP contribution < -0.4 is 10.6 Å². The molecule has 0 spiro atoms. The number of esters is 1. The van der Waals surface area contributed by atoms with E-state index in [9.17, 15) is 32.9 Å². The third-order valence-corrected chi connectivity index (χ3v) is 4.04. The highest BCUT2D eigenvalue weighted by atomic mass is 19.4. The van der Waals surface area contributed by atoms with E-state index in [-0.39, 0.29) is 30.6 Å².